The Kier molecular flexibility index (Phi) is 10.5. The smallest absolute Gasteiger partial charge is 0.319 e. The Bertz CT molecular complexity index is 574. The number of hydrogen-bond donors (Lipinski definition) is 4. The molecule has 3 amide bonds. The highest BCUT2D eigenvalue weighted by Gasteiger charge is 2.15. The van der Waals surface area contributed by atoms with Gasteiger partial charge < -0.3 is 21.3 Å². The fraction of sp³-hybridized carbons (Fsp3) is 0.529. The molecule has 0 saturated carbocycles. The van der Waals surface area contributed by atoms with E-state index in [4.69, 9.17) is 11.6 Å². The predicted molar refractivity (Wildman–Crippen MR) is 106 cm³/mol. The van der Waals surface area contributed by atoms with Gasteiger partial charge in [-0.1, -0.05) is 18.5 Å². The Balaban J connectivity index is 0.00000576. The lowest BCUT2D eigenvalue weighted by molar-refractivity contribution is 0.0954. The topological polar surface area (TPSA) is 82.3 Å². The number of anilines is 1. The molecule has 8 heteroatoms. The van der Waals surface area contributed by atoms with Gasteiger partial charge in [0.25, 0.3) is 5.91 Å². The van der Waals surface area contributed by atoms with Gasteiger partial charge in [-0.25, -0.2) is 4.79 Å². The Morgan fingerprint density at radius 2 is 1.80 bits per heavy atom. The summed E-state index contributed by atoms with van der Waals surface area (Å²) >= 11 is 6.09. The summed E-state index contributed by atoms with van der Waals surface area (Å²) in [5.74, 6) is -0.266. The minimum absolute atomic E-state index is 0. The van der Waals surface area contributed by atoms with Crippen molar-refractivity contribution in [2.45, 2.75) is 39.7 Å². The summed E-state index contributed by atoms with van der Waals surface area (Å²) in [7, 11) is 0. The van der Waals surface area contributed by atoms with E-state index in [2.05, 4.69) is 28.2 Å². The molecule has 0 aliphatic carbocycles. The Morgan fingerprint density at radius 3 is 2.40 bits per heavy atom. The van der Waals surface area contributed by atoms with E-state index in [9.17, 15) is 9.59 Å². The van der Waals surface area contributed by atoms with E-state index in [1.54, 1.807) is 18.2 Å². The van der Waals surface area contributed by atoms with Gasteiger partial charge in [-0.15, -0.1) is 12.4 Å². The van der Waals surface area contributed by atoms with Gasteiger partial charge in [0.05, 0.1) is 10.6 Å². The molecular weight excluding hydrogens is 363 g/mol. The van der Waals surface area contributed by atoms with Crippen LogP contribution in [0.25, 0.3) is 0 Å². The van der Waals surface area contributed by atoms with Crippen LogP contribution in [0.5, 0.6) is 0 Å². The van der Waals surface area contributed by atoms with Crippen LogP contribution in [0, 0.1) is 0 Å². The zero-order valence-electron chi connectivity index (χ0n) is 15.2. The zero-order valence-corrected chi connectivity index (χ0v) is 16.7. The highest BCUT2D eigenvalue weighted by Crippen LogP contribution is 2.20. The average Bonchev–Trinajstić information content (AvgIpc) is 2.47. The Morgan fingerprint density at radius 1 is 1.12 bits per heavy atom. The molecule has 0 aliphatic rings. The van der Waals surface area contributed by atoms with Crippen LogP contribution >= 0.6 is 24.0 Å². The number of halogens is 2. The van der Waals surface area contributed by atoms with E-state index in [-0.39, 0.29) is 29.9 Å². The van der Waals surface area contributed by atoms with Crippen molar-refractivity contribution in [1.29, 1.82) is 0 Å². The van der Waals surface area contributed by atoms with Crippen molar-refractivity contribution >= 4 is 41.6 Å². The summed E-state index contributed by atoms with van der Waals surface area (Å²) in [6, 6.07) is 4.49. The first-order valence-corrected chi connectivity index (χ1v) is 8.48. The highest BCUT2D eigenvalue weighted by molar-refractivity contribution is 6.34. The van der Waals surface area contributed by atoms with E-state index < -0.39 is 0 Å². The minimum atomic E-state index is -0.345. The molecule has 0 bridgehead atoms. The Labute approximate surface area is 160 Å². The minimum Gasteiger partial charge on any atom is -0.351 e. The van der Waals surface area contributed by atoms with Crippen LogP contribution in [-0.4, -0.2) is 37.1 Å². The standard InChI is InChI=1S/C17H27ClN4O2.ClH/c1-5-8-19-9-10-20-15(23)13-11-12(6-7-14(13)18)21-16(24)22-17(2,3)4;/h6-7,11,19H,5,8-10H2,1-4H3,(H,20,23)(H2,21,22,24);1H. The molecule has 4 N–H and O–H groups in total. The van der Waals surface area contributed by atoms with Crippen LogP contribution in [0.3, 0.4) is 0 Å². The molecule has 0 radical (unpaired) electrons. The third-order valence-electron chi connectivity index (χ3n) is 2.97. The zero-order chi connectivity index (χ0) is 18.2. The molecule has 0 unspecified atom stereocenters. The molecule has 1 aromatic carbocycles. The number of nitrogens with one attached hydrogen (secondary N) is 4. The summed E-state index contributed by atoms with van der Waals surface area (Å²) in [5, 5.41) is 11.8. The first-order chi connectivity index (χ1) is 11.2. The molecule has 6 nitrogen and oxygen atoms in total. The third kappa shape index (κ3) is 9.53. The molecule has 1 rings (SSSR count). The molecule has 0 spiro atoms. The lowest BCUT2D eigenvalue weighted by Crippen LogP contribution is -2.43. The van der Waals surface area contributed by atoms with Crippen LogP contribution < -0.4 is 21.3 Å². The predicted octanol–water partition coefficient (Wildman–Crippen LogP) is 3.41. The molecular formula is C17H28Cl2N4O2. The van der Waals surface area contributed by atoms with E-state index in [1.165, 1.54) is 0 Å². The van der Waals surface area contributed by atoms with E-state index >= 15 is 0 Å². The Hall–Kier alpha value is -1.50. The van der Waals surface area contributed by atoms with Crippen molar-refractivity contribution in [3.05, 3.63) is 28.8 Å². The SMILES string of the molecule is CCCNCCNC(=O)c1cc(NC(=O)NC(C)(C)C)ccc1Cl.Cl. The normalized spacial score (nSPS) is 10.6. The lowest BCUT2D eigenvalue weighted by atomic mass is 10.1. The summed E-state index contributed by atoms with van der Waals surface area (Å²) in [6.07, 6.45) is 1.05. The van der Waals surface area contributed by atoms with Crippen LogP contribution in [0.2, 0.25) is 5.02 Å². The van der Waals surface area contributed by atoms with Gasteiger partial charge >= 0.3 is 6.03 Å². The number of carbonyl (C=O) groups excluding carboxylic acids is 2. The van der Waals surface area contributed by atoms with Crippen molar-refractivity contribution in [3.63, 3.8) is 0 Å². The quantitative estimate of drug-likeness (QED) is 0.538. The maximum absolute atomic E-state index is 12.2. The largest absolute Gasteiger partial charge is 0.351 e. The van der Waals surface area contributed by atoms with Crippen molar-refractivity contribution in [2.24, 2.45) is 0 Å². The van der Waals surface area contributed by atoms with Gasteiger partial charge in [0, 0.05) is 24.3 Å². The van der Waals surface area contributed by atoms with Crippen molar-refractivity contribution in [3.8, 4) is 0 Å². The molecule has 0 aliphatic heterocycles. The fourth-order valence-electron chi connectivity index (χ4n) is 1.94. The number of amides is 3. The number of urea groups is 1. The number of hydrogen-bond acceptors (Lipinski definition) is 3. The average molecular weight is 391 g/mol. The van der Waals surface area contributed by atoms with Crippen molar-refractivity contribution < 1.29 is 9.59 Å². The molecule has 1 aromatic rings. The van der Waals surface area contributed by atoms with Gasteiger partial charge in [0.2, 0.25) is 0 Å². The van der Waals surface area contributed by atoms with Gasteiger partial charge in [-0.3, -0.25) is 4.79 Å². The van der Waals surface area contributed by atoms with E-state index in [0.717, 1.165) is 13.0 Å². The molecule has 0 fully saturated rings. The number of carbonyl (C=O) groups is 2. The van der Waals surface area contributed by atoms with Crippen molar-refractivity contribution in [1.82, 2.24) is 16.0 Å². The molecule has 0 atom stereocenters. The van der Waals surface area contributed by atoms with Crippen LogP contribution in [0.1, 0.15) is 44.5 Å². The molecule has 142 valence electrons. The van der Waals surface area contributed by atoms with Crippen LogP contribution in [0.4, 0.5) is 10.5 Å². The van der Waals surface area contributed by atoms with E-state index in [1.807, 2.05) is 20.8 Å². The van der Waals surface area contributed by atoms with Gasteiger partial charge in [-0.05, 0) is 51.9 Å². The first kappa shape index (κ1) is 23.5. The molecule has 0 aromatic heterocycles. The van der Waals surface area contributed by atoms with Crippen molar-refractivity contribution in [2.75, 3.05) is 25.0 Å². The lowest BCUT2D eigenvalue weighted by Gasteiger charge is -2.21. The van der Waals surface area contributed by atoms with Crippen LogP contribution in [-0.2, 0) is 0 Å². The maximum atomic E-state index is 12.2. The first-order valence-electron chi connectivity index (χ1n) is 8.10. The van der Waals surface area contributed by atoms with Gasteiger partial charge in [0.1, 0.15) is 0 Å². The maximum Gasteiger partial charge on any atom is 0.319 e. The highest BCUT2D eigenvalue weighted by atomic mass is 35.5. The molecule has 25 heavy (non-hydrogen) atoms. The second-order valence-electron chi connectivity index (χ2n) is 6.53. The third-order valence-corrected chi connectivity index (χ3v) is 3.30. The van der Waals surface area contributed by atoms with Gasteiger partial charge in [0.15, 0.2) is 0 Å². The van der Waals surface area contributed by atoms with Crippen LogP contribution in [0.15, 0.2) is 18.2 Å². The summed E-state index contributed by atoms with van der Waals surface area (Å²) in [4.78, 5) is 24.1. The summed E-state index contributed by atoms with van der Waals surface area (Å²) < 4.78 is 0. The number of benzene rings is 1. The second kappa shape index (κ2) is 11.2. The fourth-order valence-corrected chi connectivity index (χ4v) is 2.14. The summed E-state index contributed by atoms with van der Waals surface area (Å²) in [6.45, 7) is 9.87. The monoisotopic (exact) mass is 390 g/mol. The van der Waals surface area contributed by atoms with E-state index in [0.29, 0.717) is 29.4 Å². The number of rotatable bonds is 7. The van der Waals surface area contributed by atoms with Gasteiger partial charge in [-0.2, -0.15) is 0 Å². The summed E-state index contributed by atoms with van der Waals surface area (Å²) in [5.41, 5.74) is 0.499. The molecule has 0 heterocycles. The second-order valence-corrected chi connectivity index (χ2v) is 6.94. The molecule has 0 saturated heterocycles.